The summed E-state index contributed by atoms with van der Waals surface area (Å²) in [6, 6.07) is 16.5. The number of carboxylic acid groups (broad SMARTS) is 1. The minimum Gasteiger partial charge on any atom is -0.480 e. The first-order valence-electron chi connectivity index (χ1n) is 8.47. The molecule has 4 nitrogen and oxygen atoms in total. The molecule has 3 rings (SSSR count). The van der Waals surface area contributed by atoms with Crippen molar-refractivity contribution < 1.29 is 14.7 Å². The maximum absolute atomic E-state index is 13.0. The van der Waals surface area contributed by atoms with Crippen molar-refractivity contribution >= 4 is 33.4 Å². The van der Waals surface area contributed by atoms with E-state index < -0.39 is 12.0 Å². The fourth-order valence-electron chi connectivity index (χ4n) is 3.15. The Bertz CT molecular complexity index is 894. The van der Waals surface area contributed by atoms with Crippen LogP contribution in [0.3, 0.4) is 0 Å². The molecule has 0 aliphatic carbocycles. The van der Waals surface area contributed by atoms with E-state index in [-0.39, 0.29) is 11.8 Å². The molecule has 0 saturated heterocycles. The number of rotatable bonds is 5. The summed E-state index contributed by atoms with van der Waals surface area (Å²) in [5.41, 5.74) is 0.531. The lowest BCUT2D eigenvalue weighted by molar-refractivity contribution is -0.140. The van der Waals surface area contributed by atoms with Crippen LogP contribution < -0.4 is 5.32 Å². The van der Waals surface area contributed by atoms with Gasteiger partial charge in [-0.2, -0.15) is 0 Å². The van der Waals surface area contributed by atoms with E-state index in [1.807, 2.05) is 68.4 Å². The summed E-state index contributed by atoms with van der Waals surface area (Å²) < 4.78 is 0. The molecule has 2 N–H and O–H groups in total. The van der Waals surface area contributed by atoms with Gasteiger partial charge < -0.3 is 10.4 Å². The van der Waals surface area contributed by atoms with Crippen LogP contribution in [0.25, 0.3) is 21.5 Å². The van der Waals surface area contributed by atoms with Crippen molar-refractivity contribution in [3.63, 3.8) is 0 Å². The first kappa shape index (κ1) is 17.0. The van der Waals surface area contributed by atoms with E-state index in [9.17, 15) is 14.7 Å². The average molecular weight is 335 g/mol. The molecular formula is C21H21NO3. The number of carbonyl (C=O) groups is 2. The van der Waals surface area contributed by atoms with Crippen molar-refractivity contribution in [2.75, 3.05) is 0 Å². The molecule has 0 aliphatic heterocycles. The summed E-state index contributed by atoms with van der Waals surface area (Å²) >= 11 is 0. The summed E-state index contributed by atoms with van der Waals surface area (Å²) in [7, 11) is 0. The van der Waals surface area contributed by atoms with Gasteiger partial charge in [0.1, 0.15) is 6.04 Å². The smallest absolute Gasteiger partial charge is 0.326 e. The molecule has 3 aromatic carbocycles. The molecule has 0 fully saturated rings. The second-order valence-corrected chi connectivity index (χ2v) is 6.37. The van der Waals surface area contributed by atoms with E-state index in [2.05, 4.69) is 5.32 Å². The second-order valence-electron chi connectivity index (χ2n) is 6.37. The maximum Gasteiger partial charge on any atom is 0.326 e. The number of carbonyl (C=O) groups excluding carboxylic acids is 1. The molecule has 0 aliphatic rings. The highest BCUT2D eigenvalue weighted by Gasteiger charge is 2.27. The molecule has 25 heavy (non-hydrogen) atoms. The minimum atomic E-state index is -1.01. The summed E-state index contributed by atoms with van der Waals surface area (Å²) in [5.74, 6) is -1.50. The van der Waals surface area contributed by atoms with E-state index in [1.165, 1.54) is 0 Å². The Morgan fingerprint density at radius 2 is 1.52 bits per heavy atom. The van der Waals surface area contributed by atoms with Crippen molar-refractivity contribution in [3.05, 3.63) is 60.2 Å². The van der Waals surface area contributed by atoms with Gasteiger partial charge in [-0.05, 0) is 33.5 Å². The largest absolute Gasteiger partial charge is 0.480 e. The number of fused-ring (bicyclic) bond motifs is 2. The van der Waals surface area contributed by atoms with E-state index >= 15 is 0 Å². The van der Waals surface area contributed by atoms with Crippen LogP contribution in [0.4, 0.5) is 0 Å². The first-order chi connectivity index (χ1) is 12.0. The molecule has 0 bridgehead atoms. The van der Waals surface area contributed by atoms with Gasteiger partial charge in [-0.15, -0.1) is 0 Å². The van der Waals surface area contributed by atoms with Gasteiger partial charge in [0.05, 0.1) is 5.56 Å². The number of aliphatic carboxylic acids is 1. The number of hydrogen-bond donors (Lipinski definition) is 2. The monoisotopic (exact) mass is 335 g/mol. The molecule has 0 spiro atoms. The molecule has 0 saturated carbocycles. The van der Waals surface area contributed by atoms with Gasteiger partial charge in [0.15, 0.2) is 0 Å². The lowest BCUT2D eigenvalue weighted by atomic mass is 9.94. The van der Waals surface area contributed by atoms with Crippen molar-refractivity contribution in [1.82, 2.24) is 5.32 Å². The molecule has 128 valence electrons. The molecule has 2 atom stereocenters. The van der Waals surface area contributed by atoms with Crippen LogP contribution >= 0.6 is 0 Å². The number of amides is 1. The van der Waals surface area contributed by atoms with Crippen LogP contribution in [-0.4, -0.2) is 23.0 Å². The SMILES string of the molecule is CC[C@H](C)[C@@H](NC(=O)c1c2ccccc2cc2ccccc12)C(=O)O. The highest BCUT2D eigenvalue weighted by molar-refractivity contribution is 6.18. The maximum atomic E-state index is 13.0. The summed E-state index contributed by atoms with van der Waals surface area (Å²) in [6.07, 6.45) is 0.674. The summed E-state index contributed by atoms with van der Waals surface area (Å²) in [5, 5.41) is 15.8. The summed E-state index contributed by atoms with van der Waals surface area (Å²) in [4.78, 5) is 24.6. The Labute approximate surface area is 146 Å². The minimum absolute atomic E-state index is 0.150. The topological polar surface area (TPSA) is 66.4 Å². The molecule has 0 radical (unpaired) electrons. The van der Waals surface area contributed by atoms with Crippen molar-refractivity contribution in [3.8, 4) is 0 Å². The van der Waals surface area contributed by atoms with Gasteiger partial charge in [-0.3, -0.25) is 4.79 Å². The normalized spacial score (nSPS) is 13.5. The standard InChI is InChI=1S/C21H21NO3/c1-3-13(2)19(21(24)25)22-20(23)18-16-10-6-4-8-14(16)12-15-9-5-7-11-17(15)18/h4-13,19H,3H2,1-2H3,(H,22,23)(H,24,25)/t13-,19+/m0/s1. The lowest BCUT2D eigenvalue weighted by Gasteiger charge is -2.21. The number of carboxylic acids is 1. The molecule has 0 aromatic heterocycles. The Morgan fingerprint density at radius 1 is 1.00 bits per heavy atom. The van der Waals surface area contributed by atoms with Crippen molar-refractivity contribution in [2.45, 2.75) is 26.3 Å². The zero-order valence-corrected chi connectivity index (χ0v) is 14.3. The quantitative estimate of drug-likeness (QED) is 0.686. The molecule has 1 amide bonds. The van der Waals surface area contributed by atoms with Gasteiger partial charge in [0, 0.05) is 0 Å². The van der Waals surface area contributed by atoms with Crippen molar-refractivity contribution in [2.24, 2.45) is 5.92 Å². The van der Waals surface area contributed by atoms with Crippen LogP contribution in [-0.2, 0) is 4.79 Å². The van der Waals surface area contributed by atoms with E-state index in [0.717, 1.165) is 21.5 Å². The number of hydrogen-bond acceptors (Lipinski definition) is 2. The van der Waals surface area contributed by atoms with Gasteiger partial charge in [0.2, 0.25) is 0 Å². The Hall–Kier alpha value is -2.88. The van der Waals surface area contributed by atoms with Crippen LogP contribution in [0.1, 0.15) is 30.6 Å². The Balaban J connectivity index is 2.15. The van der Waals surface area contributed by atoms with Gasteiger partial charge in [-0.25, -0.2) is 4.79 Å². The lowest BCUT2D eigenvalue weighted by Crippen LogP contribution is -2.45. The third-order valence-electron chi connectivity index (χ3n) is 4.76. The fraction of sp³-hybridized carbons (Fsp3) is 0.238. The van der Waals surface area contributed by atoms with Gasteiger partial charge in [0.25, 0.3) is 5.91 Å². The van der Waals surface area contributed by atoms with E-state index in [0.29, 0.717) is 12.0 Å². The third kappa shape index (κ3) is 3.20. The van der Waals surface area contributed by atoms with Crippen LogP contribution in [0.15, 0.2) is 54.6 Å². The highest BCUT2D eigenvalue weighted by Crippen LogP contribution is 2.28. The van der Waals surface area contributed by atoms with Gasteiger partial charge >= 0.3 is 5.97 Å². The van der Waals surface area contributed by atoms with Crippen LogP contribution in [0.2, 0.25) is 0 Å². The molecule has 3 aromatic rings. The number of benzene rings is 3. The predicted octanol–water partition coefficient (Wildman–Crippen LogP) is 4.22. The Morgan fingerprint density at radius 3 is 2.00 bits per heavy atom. The zero-order valence-electron chi connectivity index (χ0n) is 14.3. The summed E-state index contributed by atoms with van der Waals surface area (Å²) in [6.45, 7) is 3.75. The van der Waals surface area contributed by atoms with Crippen LogP contribution in [0, 0.1) is 5.92 Å². The second kappa shape index (κ2) is 6.93. The molecule has 4 heteroatoms. The van der Waals surface area contributed by atoms with E-state index in [4.69, 9.17) is 0 Å². The zero-order chi connectivity index (χ0) is 18.0. The van der Waals surface area contributed by atoms with E-state index in [1.54, 1.807) is 0 Å². The fourth-order valence-corrected chi connectivity index (χ4v) is 3.15. The molecular weight excluding hydrogens is 314 g/mol. The van der Waals surface area contributed by atoms with Crippen LogP contribution in [0.5, 0.6) is 0 Å². The Kier molecular flexibility index (Phi) is 4.70. The first-order valence-corrected chi connectivity index (χ1v) is 8.47. The highest BCUT2D eigenvalue weighted by atomic mass is 16.4. The molecule has 0 unspecified atom stereocenters. The van der Waals surface area contributed by atoms with Gasteiger partial charge in [-0.1, -0.05) is 68.8 Å². The molecule has 0 heterocycles. The van der Waals surface area contributed by atoms with Crippen molar-refractivity contribution in [1.29, 1.82) is 0 Å². The predicted molar refractivity (Wildman–Crippen MR) is 99.8 cm³/mol. The average Bonchev–Trinajstić information content (AvgIpc) is 2.62. The third-order valence-corrected chi connectivity index (χ3v) is 4.76. The number of nitrogens with one attached hydrogen (secondary N) is 1.